The van der Waals surface area contributed by atoms with Crippen LogP contribution < -0.4 is 4.90 Å². The summed E-state index contributed by atoms with van der Waals surface area (Å²) in [6, 6.07) is 31.4. The fourth-order valence-electron chi connectivity index (χ4n) is 3.64. The number of benzene rings is 3. The Hall–Kier alpha value is -3.72. The molecule has 0 fully saturated rings. The molecule has 0 unspecified atom stereocenters. The third-order valence-electron chi connectivity index (χ3n) is 5.25. The molecule has 2 aromatic heterocycles. The molecule has 3 aromatic carbocycles. The third-order valence-corrected chi connectivity index (χ3v) is 5.25. The molecule has 0 bridgehead atoms. The molecule has 0 aliphatic carbocycles. The van der Waals surface area contributed by atoms with Crippen LogP contribution in [0.3, 0.4) is 0 Å². The highest BCUT2D eigenvalue weighted by Gasteiger charge is 2.09. The van der Waals surface area contributed by atoms with Crippen molar-refractivity contribution in [2.45, 2.75) is 0 Å². The van der Waals surface area contributed by atoms with Crippen LogP contribution in [0.15, 0.2) is 91.0 Å². The van der Waals surface area contributed by atoms with Crippen LogP contribution >= 0.6 is 0 Å². The number of pyridine rings is 2. The zero-order chi connectivity index (χ0) is 19.8. The molecule has 0 saturated heterocycles. The van der Waals surface area contributed by atoms with Crippen molar-refractivity contribution in [2.24, 2.45) is 0 Å². The van der Waals surface area contributed by atoms with Crippen molar-refractivity contribution >= 4 is 27.5 Å². The molecule has 0 aliphatic rings. The van der Waals surface area contributed by atoms with Crippen LogP contribution in [-0.2, 0) is 0 Å². The molecule has 2 heterocycles. The van der Waals surface area contributed by atoms with Gasteiger partial charge in [0.05, 0.1) is 22.4 Å². The Morgan fingerprint density at radius 2 is 1.10 bits per heavy atom. The lowest BCUT2D eigenvalue weighted by Gasteiger charge is -2.13. The van der Waals surface area contributed by atoms with Gasteiger partial charge < -0.3 is 4.90 Å². The molecule has 0 N–H and O–H groups in total. The molecule has 0 atom stereocenters. The number of nitrogens with zero attached hydrogens (tertiary/aromatic N) is 3. The summed E-state index contributed by atoms with van der Waals surface area (Å²) in [5.74, 6) is 0. The average molecular weight is 375 g/mol. The lowest BCUT2D eigenvalue weighted by atomic mass is 10.1. The van der Waals surface area contributed by atoms with E-state index in [1.54, 1.807) is 0 Å². The second-order valence-electron chi connectivity index (χ2n) is 7.41. The van der Waals surface area contributed by atoms with Crippen LogP contribution in [-0.4, -0.2) is 24.1 Å². The molecule has 0 radical (unpaired) electrons. The number of hydrogen-bond donors (Lipinski definition) is 0. The van der Waals surface area contributed by atoms with Crippen LogP contribution in [0.2, 0.25) is 0 Å². The topological polar surface area (TPSA) is 29.0 Å². The minimum absolute atomic E-state index is 0.938. The van der Waals surface area contributed by atoms with Gasteiger partial charge in [-0.2, -0.15) is 0 Å². The summed E-state index contributed by atoms with van der Waals surface area (Å²) in [4.78, 5) is 12.1. The van der Waals surface area contributed by atoms with Crippen LogP contribution in [0.5, 0.6) is 0 Å². The fourth-order valence-corrected chi connectivity index (χ4v) is 3.64. The van der Waals surface area contributed by atoms with Gasteiger partial charge in [-0.25, -0.2) is 9.97 Å². The number of anilines is 1. The molecule has 140 valence electrons. The first-order chi connectivity index (χ1) is 14.2. The van der Waals surface area contributed by atoms with Gasteiger partial charge >= 0.3 is 0 Å². The van der Waals surface area contributed by atoms with Gasteiger partial charge in [0, 0.05) is 41.7 Å². The van der Waals surface area contributed by atoms with Crippen molar-refractivity contribution in [3.05, 3.63) is 91.0 Å². The van der Waals surface area contributed by atoms with E-state index in [-0.39, 0.29) is 0 Å². The molecule has 0 aliphatic heterocycles. The zero-order valence-electron chi connectivity index (χ0n) is 16.5. The van der Waals surface area contributed by atoms with Gasteiger partial charge in [-0.05, 0) is 24.3 Å². The van der Waals surface area contributed by atoms with Crippen molar-refractivity contribution in [1.82, 2.24) is 9.97 Å². The van der Waals surface area contributed by atoms with E-state index < -0.39 is 0 Å². The van der Waals surface area contributed by atoms with Crippen LogP contribution in [0.4, 0.5) is 5.69 Å². The Bertz CT molecular complexity index is 1320. The SMILES string of the molecule is CN(C)c1cccc(-c2ccc3ccc4ccc(-c5ccccc5)nc4c3n2)c1. The maximum absolute atomic E-state index is 5.03. The standard InChI is InChI=1S/C26H21N3/c1-29(2)22-10-6-9-21(17-22)24-16-14-20-12-11-19-13-15-23(18-7-4-3-5-8-18)27-25(19)26(20)28-24/h3-17H,1-2H3. The molecule has 5 rings (SSSR count). The molecule has 0 amide bonds. The van der Waals surface area contributed by atoms with Crippen LogP contribution in [0, 0.1) is 0 Å². The summed E-state index contributed by atoms with van der Waals surface area (Å²) in [7, 11) is 4.10. The summed E-state index contributed by atoms with van der Waals surface area (Å²) in [5.41, 5.74) is 7.18. The Morgan fingerprint density at radius 3 is 1.72 bits per heavy atom. The lowest BCUT2D eigenvalue weighted by Crippen LogP contribution is -2.08. The largest absolute Gasteiger partial charge is 0.378 e. The maximum Gasteiger partial charge on any atom is 0.0972 e. The van der Waals surface area contributed by atoms with Gasteiger partial charge in [0.15, 0.2) is 0 Å². The van der Waals surface area contributed by atoms with Crippen LogP contribution in [0.1, 0.15) is 0 Å². The molecule has 0 spiro atoms. The van der Waals surface area contributed by atoms with E-state index in [0.717, 1.165) is 50.0 Å². The van der Waals surface area contributed by atoms with E-state index in [2.05, 4.69) is 91.8 Å². The van der Waals surface area contributed by atoms with E-state index in [1.165, 1.54) is 0 Å². The van der Waals surface area contributed by atoms with Crippen molar-refractivity contribution in [1.29, 1.82) is 0 Å². The van der Waals surface area contributed by atoms with Crippen molar-refractivity contribution in [3.8, 4) is 22.5 Å². The lowest BCUT2D eigenvalue weighted by molar-refractivity contribution is 1.13. The quantitative estimate of drug-likeness (QED) is 0.352. The summed E-state index contributed by atoms with van der Waals surface area (Å²) in [6.07, 6.45) is 0. The van der Waals surface area contributed by atoms with Gasteiger partial charge in [0.1, 0.15) is 0 Å². The summed E-state index contributed by atoms with van der Waals surface area (Å²) < 4.78 is 0. The molecule has 3 heteroatoms. The first kappa shape index (κ1) is 17.4. The summed E-state index contributed by atoms with van der Waals surface area (Å²) in [5, 5.41) is 2.20. The monoisotopic (exact) mass is 375 g/mol. The summed E-state index contributed by atoms with van der Waals surface area (Å²) in [6.45, 7) is 0. The number of rotatable bonds is 3. The normalized spacial score (nSPS) is 11.1. The predicted molar refractivity (Wildman–Crippen MR) is 122 cm³/mol. The Balaban J connectivity index is 1.71. The first-order valence-corrected chi connectivity index (χ1v) is 9.73. The van der Waals surface area contributed by atoms with Crippen molar-refractivity contribution < 1.29 is 0 Å². The maximum atomic E-state index is 5.03. The molecule has 5 aromatic rings. The van der Waals surface area contributed by atoms with Crippen LogP contribution in [0.25, 0.3) is 44.3 Å². The minimum Gasteiger partial charge on any atom is -0.378 e. The van der Waals surface area contributed by atoms with E-state index >= 15 is 0 Å². The molecular weight excluding hydrogens is 354 g/mol. The summed E-state index contributed by atoms with van der Waals surface area (Å²) >= 11 is 0. The molecular formula is C26H21N3. The Morgan fingerprint density at radius 1 is 0.552 bits per heavy atom. The Kier molecular flexibility index (Phi) is 4.21. The number of hydrogen-bond acceptors (Lipinski definition) is 3. The van der Waals surface area contributed by atoms with E-state index in [9.17, 15) is 0 Å². The Labute approximate surface area is 170 Å². The second-order valence-corrected chi connectivity index (χ2v) is 7.41. The van der Waals surface area contributed by atoms with E-state index in [4.69, 9.17) is 9.97 Å². The number of aromatic nitrogens is 2. The molecule has 0 saturated carbocycles. The first-order valence-electron chi connectivity index (χ1n) is 9.73. The fraction of sp³-hybridized carbons (Fsp3) is 0.0769. The van der Waals surface area contributed by atoms with Gasteiger partial charge in [0.2, 0.25) is 0 Å². The predicted octanol–water partition coefficient (Wildman–Crippen LogP) is 6.18. The highest BCUT2D eigenvalue weighted by Crippen LogP contribution is 2.29. The van der Waals surface area contributed by atoms with E-state index in [0.29, 0.717) is 0 Å². The highest BCUT2D eigenvalue weighted by atomic mass is 15.1. The third kappa shape index (κ3) is 3.21. The van der Waals surface area contributed by atoms with Crippen molar-refractivity contribution in [3.63, 3.8) is 0 Å². The number of fused-ring (bicyclic) bond motifs is 3. The second kappa shape index (κ2) is 7.02. The molecule has 3 nitrogen and oxygen atoms in total. The average Bonchev–Trinajstić information content (AvgIpc) is 2.79. The zero-order valence-corrected chi connectivity index (χ0v) is 16.5. The van der Waals surface area contributed by atoms with Gasteiger partial charge in [0.25, 0.3) is 0 Å². The van der Waals surface area contributed by atoms with Gasteiger partial charge in [-0.15, -0.1) is 0 Å². The minimum atomic E-state index is 0.938. The smallest absolute Gasteiger partial charge is 0.0972 e. The van der Waals surface area contributed by atoms with E-state index in [1.807, 2.05) is 18.2 Å². The van der Waals surface area contributed by atoms with Crippen molar-refractivity contribution in [2.75, 3.05) is 19.0 Å². The molecule has 29 heavy (non-hydrogen) atoms. The van der Waals surface area contributed by atoms with Gasteiger partial charge in [-0.3, -0.25) is 0 Å². The highest BCUT2D eigenvalue weighted by molar-refractivity contribution is 6.04. The van der Waals surface area contributed by atoms with Gasteiger partial charge in [-0.1, -0.05) is 66.7 Å².